The number of nitrogens with zero attached hydrogens (tertiary/aromatic N) is 2. The van der Waals surface area contributed by atoms with E-state index in [4.69, 9.17) is 16.3 Å². The first-order valence-electron chi connectivity index (χ1n) is 5.64. The van der Waals surface area contributed by atoms with Crippen molar-refractivity contribution in [3.05, 3.63) is 53.1 Å². The summed E-state index contributed by atoms with van der Waals surface area (Å²) in [6, 6.07) is 7.50. The molecule has 0 N–H and O–H groups in total. The molecular formula is C13H13ClN2O2. The summed E-state index contributed by atoms with van der Waals surface area (Å²) >= 11 is 6.08. The van der Waals surface area contributed by atoms with Gasteiger partial charge >= 0.3 is 5.97 Å². The molecule has 5 heteroatoms. The number of esters is 1. The topological polar surface area (TPSA) is 44.1 Å². The summed E-state index contributed by atoms with van der Waals surface area (Å²) in [4.78, 5) is 15.7. The van der Waals surface area contributed by atoms with Crippen LogP contribution in [-0.2, 0) is 11.3 Å². The minimum Gasteiger partial charge on any atom is -0.460 e. The zero-order chi connectivity index (χ0) is 13.0. The van der Waals surface area contributed by atoms with Gasteiger partial charge in [-0.15, -0.1) is 0 Å². The Balaban J connectivity index is 2.23. The molecule has 94 valence electrons. The molecule has 0 aliphatic rings. The highest BCUT2D eigenvalue weighted by atomic mass is 35.5. The SMILES string of the molecule is CCOC(=O)c1nccn1Cc1ccccc1Cl. The highest BCUT2D eigenvalue weighted by Gasteiger charge is 2.14. The van der Waals surface area contributed by atoms with E-state index < -0.39 is 5.97 Å². The summed E-state index contributed by atoms with van der Waals surface area (Å²) < 4.78 is 6.66. The molecule has 0 amide bonds. The van der Waals surface area contributed by atoms with Gasteiger partial charge in [-0.2, -0.15) is 0 Å². The van der Waals surface area contributed by atoms with Crippen LogP contribution in [0.15, 0.2) is 36.7 Å². The largest absolute Gasteiger partial charge is 0.460 e. The number of carbonyl (C=O) groups excluding carboxylic acids is 1. The lowest BCUT2D eigenvalue weighted by Crippen LogP contribution is -2.13. The number of hydrogen-bond donors (Lipinski definition) is 0. The fraction of sp³-hybridized carbons (Fsp3) is 0.231. The van der Waals surface area contributed by atoms with Crippen LogP contribution in [0.1, 0.15) is 23.1 Å². The van der Waals surface area contributed by atoms with E-state index in [1.165, 1.54) is 0 Å². The molecule has 0 atom stereocenters. The quantitative estimate of drug-likeness (QED) is 0.798. The Bertz CT molecular complexity index is 551. The summed E-state index contributed by atoms with van der Waals surface area (Å²) in [5, 5.41) is 0.668. The molecule has 18 heavy (non-hydrogen) atoms. The van der Waals surface area contributed by atoms with Crippen LogP contribution in [0.3, 0.4) is 0 Å². The first-order valence-corrected chi connectivity index (χ1v) is 6.02. The highest BCUT2D eigenvalue weighted by molar-refractivity contribution is 6.31. The first kappa shape index (κ1) is 12.6. The number of carbonyl (C=O) groups is 1. The van der Waals surface area contributed by atoms with Gasteiger partial charge in [0.25, 0.3) is 0 Å². The lowest BCUT2D eigenvalue weighted by molar-refractivity contribution is 0.0507. The molecule has 0 saturated heterocycles. The molecule has 0 bridgehead atoms. The molecule has 0 spiro atoms. The molecule has 0 radical (unpaired) electrons. The molecular weight excluding hydrogens is 252 g/mol. The number of rotatable bonds is 4. The molecule has 2 aromatic rings. The van der Waals surface area contributed by atoms with Gasteiger partial charge in [0.15, 0.2) is 0 Å². The van der Waals surface area contributed by atoms with Crippen molar-refractivity contribution in [1.82, 2.24) is 9.55 Å². The van der Waals surface area contributed by atoms with E-state index >= 15 is 0 Å². The maximum Gasteiger partial charge on any atom is 0.374 e. The Hall–Kier alpha value is -1.81. The fourth-order valence-electron chi connectivity index (χ4n) is 1.63. The average molecular weight is 265 g/mol. The Morgan fingerprint density at radius 3 is 2.94 bits per heavy atom. The van der Waals surface area contributed by atoms with E-state index in [-0.39, 0.29) is 5.82 Å². The van der Waals surface area contributed by atoms with E-state index in [9.17, 15) is 4.79 Å². The van der Waals surface area contributed by atoms with Crippen molar-refractivity contribution in [3.8, 4) is 0 Å². The number of halogens is 1. The second-order valence-electron chi connectivity index (χ2n) is 3.69. The van der Waals surface area contributed by atoms with E-state index in [0.717, 1.165) is 5.56 Å². The summed E-state index contributed by atoms with van der Waals surface area (Å²) in [6.45, 7) is 2.59. The normalized spacial score (nSPS) is 10.3. The van der Waals surface area contributed by atoms with Crippen molar-refractivity contribution in [2.45, 2.75) is 13.5 Å². The van der Waals surface area contributed by atoms with Crippen molar-refractivity contribution in [2.75, 3.05) is 6.61 Å². The Kier molecular flexibility index (Phi) is 3.99. The molecule has 1 aromatic carbocycles. The molecule has 2 rings (SSSR count). The molecule has 0 saturated carbocycles. The summed E-state index contributed by atoms with van der Waals surface area (Å²) in [7, 11) is 0. The van der Waals surface area contributed by atoms with Crippen LogP contribution < -0.4 is 0 Å². The lowest BCUT2D eigenvalue weighted by atomic mass is 10.2. The molecule has 0 aliphatic heterocycles. The third kappa shape index (κ3) is 2.71. The van der Waals surface area contributed by atoms with Crippen LogP contribution in [0.25, 0.3) is 0 Å². The van der Waals surface area contributed by atoms with E-state index in [1.54, 1.807) is 23.9 Å². The zero-order valence-corrected chi connectivity index (χ0v) is 10.7. The summed E-state index contributed by atoms with van der Waals surface area (Å²) in [6.07, 6.45) is 3.30. The van der Waals surface area contributed by atoms with Gasteiger partial charge in [0.05, 0.1) is 13.2 Å². The smallest absolute Gasteiger partial charge is 0.374 e. The maximum atomic E-state index is 11.7. The van der Waals surface area contributed by atoms with Gasteiger partial charge in [0.2, 0.25) is 5.82 Å². The third-order valence-electron chi connectivity index (χ3n) is 2.47. The molecule has 0 unspecified atom stereocenters. The van der Waals surface area contributed by atoms with Gasteiger partial charge < -0.3 is 9.30 Å². The lowest BCUT2D eigenvalue weighted by Gasteiger charge is -2.08. The van der Waals surface area contributed by atoms with Crippen LogP contribution in [0.4, 0.5) is 0 Å². The second kappa shape index (κ2) is 5.69. The molecule has 4 nitrogen and oxygen atoms in total. The van der Waals surface area contributed by atoms with Crippen molar-refractivity contribution in [2.24, 2.45) is 0 Å². The fourth-order valence-corrected chi connectivity index (χ4v) is 1.83. The average Bonchev–Trinajstić information content (AvgIpc) is 2.81. The van der Waals surface area contributed by atoms with E-state index in [0.29, 0.717) is 18.2 Å². The van der Waals surface area contributed by atoms with Crippen LogP contribution in [0.5, 0.6) is 0 Å². The third-order valence-corrected chi connectivity index (χ3v) is 2.84. The van der Waals surface area contributed by atoms with Gasteiger partial charge in [-0.3, -0.25) is 0 Å². The van der Waals surface area contributed by atoms with Gasteiger partial charge in [0.1, 0.15) is 0 Å². The second-order valence-corrected chi connectivity index (χ2v) is 4.10. The number of imidazole rings is 1. The highest BCUT2D eigenvalue weighted by Crippen LogP contribution is 2.17. The zero-order valence-electron chi connectivity index (χ0n) is 9.97. The van der Waals surface area contributed by atoms with Crippen molar-refractivity contribution in [1.29, 1.82) is 0 Å². The van der Waals surface area contributed by atoms with Crippen molar-refractivity contribution in [3.63, 3.8) is 0 Å². The first-order chi connectivity index (χ1) is 8.72. The standard InChI is InChI=1S/C13H13ClN2O2/c1-2-18-13(17)12-15-7-8-16(12)9-10-5-3-4-6-11(10)14/h3-8H,2,9H2,1H3. The number of aromatic nitrogens is 2. The Morgan fingerprint density at radius 1 is 1.44 bits per heavy atom. The maximum absolute atomic E-state index is 11.7. The van der Waals surface area contributed by atoms with Crippen LogP contribution in [0, 0.1) is 0 Å². The van der Waals surface area contributed by atoms with Crippen molar-refractivity contribution < 1.29 is 9.53 Å². The summed E-state index contributed by atoms with van der Waals surface area (Å²) in [5.41, 5.74) is 0.933. The predicted molar refractivity (Wildman–Crippen MR) is 68.7 cm³/mol. The van der Waals surface area contributed by atoms with Crippen molar-refractivity contribution >= 4 is 17.6 Å². The van der Waals surface area contributed by atoms with Gasteiger partial charge in [-0.25, -0.2) is 9.78 Å². The monoisotopic (exact) mass is 264 g/mol. The molecule has 1 heterocycles. The van der Waals surface area contributed by atoms with Crippen LogP contribution in [-0.4, -0.2) is 22.1 Å². The number of ether oxygens (including phenoxy) is 1. The minimum atomic E-state index is -0.422. The predicted octanol–water partition coefficient (Wildman–Crippen LogP) is 2.76. The number of hydrogen-bond acceptors (Lipinski definition) is 3. The van der Waals surface area contributed by atoms with Crippen LogP contribution in [0.2, 0.25) is 5.02 Å². The number of benzene rings is 1. The van der Waals surface area contributed by atoms with Crippen LogP contribution >= 0.6 is 11.6 Å². The molecule has 0 aliphatic carbocycles. The van der Waals surface area contributed by atoms with Gasteiger partial charge in [0, 0.05) is 17.4 Å². The van der Waals surface area contributed by atoms with Gasteiger partial charge in [-0.1, -0.05) is 29.8 Å². The Labute approximate surface area is 110 Å². The Morgan fingerprint density at radius 2 is 2.22 bits per heavy atom. The minimum absolute atomic E-state index is 0.289. The van der Waals surface area contributed by atoms with Gasteiger partial charge in [-0.05, 0) is 18.6 Å². The molecule has 1 aromatic heterocycles. The van der Waals surface area contributed by atoms with E-state index in [1.807, 2.05) is 24.3 Å². The van der Waals surface area contributed by atoms with E-state index in [2.05, 4.69) is 4.98 Å². The summed E-state index contributed by atoms with van der Waals surface area (Å²) in [5.74, 6) is -0.133. The molecule has 0 fully saturated rings.